The van der Waals surface area contributed by atoms with Gasteiger partial charge in [0.25, 0.3) is 0 Å². The molecule has 0 saturated carbocycles. The fraction of sp³-hybridized carbons (Fsp3) is 0.263. The molecule has 1 amide bonds. The molecule has 0 bridgehead atoms. The molecular formula is C19H22N4O3S. The number of hydrogen-bond donors (Lipinski definition) is 2. The van der Waals surface area contributed by atoms with Crippen molar-refractivity contribution in [2.45, 2.75) is 30.8 Å². The number of fused-ring (bicyclic) bond motifs is 1. The van der Waals surface area contributed by atoms with Gasteiger partial charge in [-0.25, -0.2) is 13.4 Å². The number of hydrogen-bond acceptors (Lipinski definition) is 4. The van der Waals surface area contributed by atoms with E-state index in [4.69, 9.17) is 0 Å². The molecular weight excluding hydrogens is 364 g/mol. The van der Waals surface area contributed by atoms with E-state index in [9.17, 15) is 13.2 Å². The van der Waals surface area contributed by atoms with Gasteiger partial charge in [-0.3, -0.25) is 4.79 Å². The topological polar surface area (TPSA) is 93.1 Å². The molecule has 1 aromatic heterocycles. The number of aryl methyl sites for hydroxylation is 1. The molecule has 0 aliphatic rings. The van der Waals surface area contributed by atoms with Gasteiger partial charge in [-0.15, -0.1) is 0 Å². The molecule has 0 saturated heterocycles. The Morgan fingerprint density at radius 3 is 2.70 bits per heavy atom. The summed E-state index contributed by atoms with van der Waals surface area (Å²) in [4.78, 5) is 16.3. The van der Waals surface area contributed by atoms with Gasteiger partial charge in [0.2, 0.25) is 15.9 Å². The van der Waals surface area contributed by atoms with Crippen LogP contribution >= 0.6 is 0 Å². The average Bonchev–Trinajstić information content (AvgIpc) is 3.17. The summed E-state index contributed by atoms with van der Waals surface area (Å²) in [5, 5.41) is 4.54. The van der Waals surface area contributed by atoms with Gasteiger partial charge >= 0.3 is 0 Å². The van der Waals surface area contributed by atoms with E-state index in [2.05, 4.69) is 15.0 Å². The van der Waals surface area contributed by atoms with Crippen LogP contribution in [-0.2, 0) is 21.4 Å². The fourth-order valence-corrected chi connectivity index (χ4v) is 3.97. The predicted molar refractivity (Wildman–Crippen MR) is 104 cm³/mol. The Hall–Kier alpha value is -2.71. The third kappa shape index (κ3) is 4.93. The van der Waals surface area contributed by atoms with Crippen molar-refractivity contribution in [1.29, 1.82) is 0 Å². The number of carbonyl (C=O) groups excluding carboxylic acids is 1. The maximum Gasteiger partial charge on any atom is 0.241 e. The van der Waals surface area contributed by atoms with Crippen LogP contribution in [0.3, 0.4) is 0 Å². The van der Waals surface area contributed by atoms with Crippen LogP contribution in [0.4, 0.5) is 0 Å². The molecule has 7 nitrogen and oxygen atoms in total. The Morgan fingerprint density at radius 1 is 1.19 bits per heavy atom. The van der Waals surface area contributed by atoms with E-state index in [1.165, 1.54) is 6.92 Å². The lowest BCUT2D eigenvalue weighted by Gasteiger charge is -2.15. The summed E-state index contributed by atoms with van der Waals surface area (Å²) in [6.07, 6.45) is 5.98. The lowest BCUT2D eigenvalue weighted by Crippen LogP contribution is -2.45. The van der Waals surface area contributed by atoms with E-state index in [0.29, 0.717) is 6.54 Å². The van der Waals surface area contributed by atoms with Crippen LogP contribution in [-0.4, -0.2) is 36.5 Å². The van der Waals surface area contributed by atoms with Crippen LogP contribution in [0.5, 0.6) is 0 Å². The normalized spacial score (nSPS) is 12.8. The van der Waals surface area contributed by atoms with Crippen molar-refractivity contribution >= 4 is 26.7 Å². The predicted octanol–water partition coefficient (Wildman–Crippen LogP) is 1.91. The summed E-state index contributed by atoms with van der Waals surface area (Å²) in [6, 6.07) is 11.6. The van der Waals surface area contributed by atoms with Crippen LogP contribution < -0.4 is 10.0 Å². The molecule has 2 N–H and O–H groups in total. The molecule has 0 fully saturated rings. The van der Waals surface area contributed by atoms with Gasteiger partial charge in [0, 0.05) is 25.5 Å². The number of nitrogens with one attached hydrogen (secondary N) is 2. The van der Waals surface area contributed by atoms with Gasteiger partial charge in [0.1, 0.15) is 0 Å². The highest BCUT2D eigenvalue weighted by molar-refractivity contribution is 7.89. The molecule has 0 unspecified atom stereocenters. The Labute approximate surface area is 158 Å². The first-order chi connectivity index (χ1) is 13.0. The maximum atomic E-state index is 12.6. The quantitative estimate of drug-likeness (QED) is 0.579. The molecule has 8 heteroatoms. The maximum absolute atomic E-state index is 12.6. The van der Waals surface area contributed by atoms with Crippen molar-refractivity contribution in [1.82, 2.24) is 19.6 Å². The average molecular weight is 386 g/mol. The Balaban J connectivity index is 1.56. The molecule has 0 spiro atoms. The molecule has 27 heavy (non-hydrogen) atoms. The number of amides is 1. The zero-order valence-corrected chi connectivity index (χ0v) is 15.8. The first-order valence-corrected chi connectivity index (χ1v) is 10.2. The van der Waals surface area contributed by atoms with Crippen LogP contribution in [0.25, 0.3) is 10.8 Å². The number of nitrogens with zero attached hydrogens (tertiary/aromatic N) is 2. The zero-order valence-electron chi connectivity index (χ0n) is 15.0. The Kier molecular flexibility index (Phi) is 5.88. The van der Waals surface area contributed by atoms with Crippen molar-refractivity contribution in [2.24, 2.45) is 0 Å². The van der Waals surface area contributed by atoms with Crippen molar-refractivity contribution in [2.75, 3.05) is 6.54 Å². The fourth-order valence-electron chi connectivity index (χ4n) is 2.73. The van der Waals surface area contributed by atoms with Crippen molar-refractivity contribution in [3.8, 4) is 0 Å². The lowest BCUT2D eigenvalue weighted by atomic mass is 10.1. The third-order valence-corrected chi connectivity index (χ3v) is 5.75. The van der Waals surface area contributed by atoms with Crippen LogP contribution in [0, 0.1) is 0 Å². The van der Waals surface area contributed by atoms with E-state index >= 15 is 0 Å². The minimum atomic E-state index is -3.79. The number of imidazole rings is 1. The summed E-state index contributed by atoms with van der Waals surface area (Å²) in [6.45, 7) is 2.72. The monoisotopic (exact) mass is 386 g/mol. The second-order valence-corrected chi connectivity index (χ2v) is 8.01. The standard InChI is InChI=1S/C19H22N4O3S/c1-15(19(24)21-9-4-11-23-12-10-20-14-23)22-27(25,26)18-8-7-16-5-2-3-6-17(16)13-18/h2-3,5-8,10,12-15,22H,4,9,11H2,1H3,(H,21,24)/t15-/m0/s1. The first kappa shape index (κ1) is 19.1. The van der Waals surface area contributed by atoms with Gasteiger partial charge in [0.15, 0.2) is 0 Å². The Morgan fingerprint density at radius 2 is 1.96 bits per heavy atom. The largest absolute Gasteiger partial charge is 0.355 e. The van der Waals surface area contributed by atoms with Gasteiger partial charge < -0.3 is 9.88 Å². The molecule has 0 aliphatic heterocycles. The smallest absolute Gasteiger partial charge is 0.241 e. The number of sulfonamides is 1. The van der Waals surface area contributed by atoms with Crippen LogP contribution in [0.2, 0.25) is 0 Å². The Bertz CT molecular complexity index is 1020. The van der Waals surface area contributed by atoms with Gasteiger partial charge in [0.05, 0.1) is 17.3 Å². The van der Waals surface area contributed by atoms with E-state index in [-0.39, 0.29) is 10.8 Å². The highest BCUT2D eigenvalue weighted by Crippen LogP contribution is 2.19. The summed E-state index contributed by atoms with van der Waals surface area (Å²) >= 11 is 0. The van der Waals surface area contributed by atoms with Crippen LogP contribution in [0.15, 0.2) is 66.1 Å². The molecule has 0 aliphatic carbocycles. The summed E-state index contributed by atoms with van der Waals surface area (Å²) in [5.41, 5.74) is 0. The molecule has 142 valence electrons. The van der Waals surface area contributed by atoms with Crippen molar-refractivity contribution in [3.63, 3.8) is 0 Å². The molecule has 1 heterocycles. The SMILES string of the molecule is C[C@H](NS(=O)(=O)c1ccc2ccccc2c1)C(=O)NCCCn1ccnc1. The summed E-state index contributed by atoms with van der Waals surface area (Å²) < 4.78 is 29.5. The number of carbonyl (C=O) groups is 1. The molecule has 2 aromatic carbocycles. The number of rotatable bonds is 8. The molecule has 3 aromatic rings. The minimum Gasteiger partial charge on any atom is -0.355 e. The second-order valence-electron chi connectivity index (χ2n) is 6.30. The van der Waals surface area contributed by atoms with Gasteiger partial charge in [-0.1, -0.05) is 30.3 Å². The second kappa shape index (κ2) is 8.32. The first-order valence-electron chi connectivity index (χ1n) is 8.70. The van der Waals surface area contributed by atoms with E-state index < -0.39 is 16.1 Å². The highest BCUT2D eigenvalue weighted by atomic mass is 32.2. The minimum absolute atomic E-state index is 0.140. The van der Waals surface area contributed by atoms with Crippen molar-refractivity contribution < 1.29 is 13.2 Å². The number of benzene rings is 2. The van der Waals surface area contributed by atoms with E-state index in [1.807, 2.05) is 35.0 Å². The van der Waals surface area contributed by atoms with Crippen LogP contribution in [0.1, 0.15) is 13.3 Å². The molecule has 0 radical (unpaired) electrons. The highest BCUT2D eigenvalue weighted by Gasteiger charge is 2.22. The van der Waals surface area contributed by atoms with E-state index in [0.717, 1.165) is 23.7 Å². The zero-order chi connectivity index (χ0) is 19.3. The number of aromatic nitrogens is 2. The lowest BCUT2D eigenvalue weighted by molar-refractivity contribution is -0.122. The van der Waals surface area contributed by atoms with E-state index in [1.54, 1.807) is 30.7 Å². The molecule has 1 atom stereocenters. The molecule has 3 rings (SSSR count). The third-order valence-electron chi connectivity index (χ3n) is 4.21. The summed E-state index contributed by atoms with van der Waals surface area (Å²) in [7, 11) is -3.79. The van der Waals surface area contributed by atoms with Gasteiger partial charge in [-0.2, -0.15) is 4.72 Å². The van der Waals surface area contributed by atoms with Gasteiger partial charge in [-0.05, 0) is 36.2 Å². The van der Waals surface area contributed by atoms with Crippen molar-refractivity contribution in [3.05, 3.63) is 61.2 Å². The summed E-state index contributed by atoms with van der Waals surface area (Å²) in [5.74, 6) is -0.356.